The van der Waals surface area contributed by atoms with E-state index in [2.05, 4.69) is 114 Å². The molecule has 0 bridgehead atoms. The number of likely N-dealkylation sites (N-methyl/N-ethyl adjacent to an activating group) is 1. The van der Waals surface area contributed by atoms with Gasteiger partial charge in [-0.2, -0.15) is 9.97 Å². The molecule has 578 valence electrons. The fourth-order valence-corrected chi connectivity index (χ4v) is 18.1. The summed E-state index contributed by atoms with van der Waals surface area (Å²) < 4.78 is 74.7. The number of anilines is 11. The first kappa shape index (κ1) is 82.0. The summed E-state index contributed by atoms with van der Waals surface area (Å²) >= 11 is 19.2. The summed E-state index contributed by atoms with van der Waals surface area (Å²) in [5.41, 5.74) is 9.12. The number of piperidine rings is 2. The topological polar surface area (TPSA) is 283 Å². The molecule has 13 rings (SSSR count). The summed E-state index contributed by atoms with van der Waals surface area (Å²) in [4.78, 5) is 35.0. The Kier molecular flexibility index (Phi) is 27.1. The van der Waals surface area contributed by atoms with E-state index < -0.39 is 36.5 Å². The molecule has 0 unspecified atom stereocenters. The van der Waals surface area contributed by atoms with Crippen molar-refractivity contribution in [1.29, 1.82) is 0 Å². The average Bonchev–Trinajstić information content (AvgIpc) is 1.78. The van der Waals surface area contributed by atoms with Crippen LogP contribution in [-0.2, 0) is 43.0 Å². The lowest BCUT2D eigenvalue weighted by molar-refractivity contribution is 0.0982. The van der Waals surface area contributed by atoms with Crippen molar-refractivity contribution in [2.45, 2.75) is 81.1 Å². The summed E-state index contributed by atoms with van der Waals surface area (Å²) in [6.07, 6.45) is 12.7. The number of hydrogen-bond donors (Lipinski definition) is 7. The van der Waals surface area contributed by atoms with Crippen LogP contribution in [0.2, 0.25) is 15.1 Å². The van der Waals surface area contributed by atoms with Gasteiger partial charge in [0.2, 0.25) is 11.9 Å². The van der Waals surface area contributed by atoms with Gasteiger partial charge in [0.25, 0.3) is 0 Å². The van der Waals surface area contributed by atoms with Gasteiger partial charge in [-0.15, -0.1) is 0 Å². The number of aliphatic hydroxyl groups excluding tert-OH is 1. The second kappa shape index (κ2) is 36.0. The highest BCUT2D eigenvalue weighted by molar-refractivity contribution is 7.92. The molecule has 3 aromatic heterocycles. The van der Waals surface area contributed by atoms with Crippen molar-refractivity contribution in [3.63, 3.8) is 0 Å². The highest BCUT2D eigenvalue weighted by Crippen LogP contribution is 2.43. The number of aromatic nitrogens is 6. The fourth-order valence-electron chi connectivity index (χ4n) is 13.4. The van der Waals surface area contributed by atoms with E-state index in [-0.39, 0.29) is 11.5 Å². The van der Waals surface area contributed by atoms with Crippen molar-refractivity contribution in [3.8, 4) is 11.5 Å². The molecule has 0 saturated carbocycles. The zero-order valence-electron chi connectivity index (χ0n) is 63.4. The number of piperazine rings is 1. The molecular formula is C79H97Cl3N15O8P3S. The van der Waals surface area contributed by atoms with E-state index in [4.69, 9.17) is 44.3 Å². The fraction of sp³-hybridized carbons (Fsp3) is 0.367. The van der Waals surface area contributed by atoms with Crippen LogP contribution in [0, 0.1) is 0 Å². The molecule has 3 saturated heterocycles. The largest absolute Gasteiger partial charge is 0.495 e. The molecule has 30 heteroatoms. The highest BCUT2D eigenvalue weighted by atomic mass is 35.5. The van der Waals surface area contributed by atoms with Crippen LogP contribution >= 0.6 is 56.2 Å². The molecule has 3 fully saturated rings. The molecule has 6 aromatic carbocycles. The van der Waals surface area contributed by atoms with Crippen LogP contribution in [0.4, 0.5) is 63.5 Å². The number of nitrogens with zero attached hydrogens (tertiary/aromatic N) is 9. The molecule has 0 radical (unpaired) electrons. The first-order chi connectivity index (χ1) is 51.9. The maximum Gasteiger partial charge on any atom is 0.229 e. The lowest BCUT2D eigenvalue weighted by atomic mass is 9.88. The number of rotatable bonds is 23. The van der Waals surface area contributed by atoms with Gasteiger partial charge >= 0.3 is 0 Å². The van der Waals surface area contributed by atoms with E-state index in [0.717, 1.165) is 96.9 Å². The molecular weight excluding hydrogens is 1520 g/mol. The zero-order chi connectivity index (χ0) is 78.0. The summed E-state index contributed by atoms with van der Waals surface area (Å²) in [5.74, 6) is 4.42. The van der Waals surface area contributed by atoms with Crippen molar-refractivity contribution in [2.24, 2.45) is 0 Å². The first-order valence-corrected chi connectivity index (χ1v) is 46.8. The quantitative estimate of drug-likeness (QED) is 0.0293. The van der Waals surface area contributed by atoms with E-state index in [1.165, 1.54) is 37.7 Å². The Bertz CT molecular complexity index is 5040. The number of fused-ring (bicyclic) bond motifs is 1. The Morgan fingerprint density at radius 3 is 1.83 bits per heavy atom. The third-order valence-electron chi connectivity index (χ3n) is 19.7. The Balaban J connectivity index is 0.000000164. The minimum atomic E-state index is -3.50. The van der Waals surface area contributed by atoms with Gasteiger partial charge in [0, 0.05) is 91.4 Å². The molecule has 0 amide bonds. The number of nitrogens with one attached hydrogen (secondary N) is 6. The van der Waals surface area contributed by atoms with Gasteiger partial charge in [0.1, 0.15) is 54.6 Å². The van der Waals surface area contributed by atoms with Gasteiger partial charge in [-0.1, -0.05) is 89.4 Å². The lowest BCUT2D eigenvalue weighted by Gasteiger charge is -2.42. The summed E-state index contributed by atoms with van der Waals surface area (Å²) in [6.45, 7) is 22.4. The van der Waals surface area contributed by atoms with Crippen molar-refractivity contribution in [2.75, 3.05) is 145 Å². The number of sulfone groups is 1. The van der Waals surface area contributed by atoms with Gasteiger partial charge in [0.05, 0.1) is 82.5 Å². The number of allylic oxidation sites excluding steroid dienone is 1. The van der Waals surface area contributed by atoms with Crippen molar-refractivity contribution >= 4 is 152 Å². The van der Waals surface area contributed by atoms with Crippen molar-refractivity contribution < 1.29 is 36.7 Å². The second-order valence-electron chi connectivity index (χ2n) is 28.9. The van der Waals surface area contributed by atoms with Gasteiger partial charge in [0.15, 0.2) is 21.5 Å². The predicted octanol–water partition coefficient (Wildman–Crippen LogP) is 15.4. The van der Waals surface area contributed by atoms with Crippen LogP contribution in [0.5, 0.6) is 11.5 Å². The van der Waals surface area contributed by atoms with Crippen LogP contribution in [0.3, 0.4) is 0 Å². The molecule has 9 aromatic rings. The number of hydrogen-bond acceptors (Lipinski definition) is 23. The maximum absolute atomic E-state index is 12.9. The number of aliphatic hydroxyl groups is 1. The predicted molar refractivity (Wildman–Crippen MR) is 449 cm³/mol. The zero-order valence-corrected chi connectivity index (χ0v) is 69.2. The Morgan fingerprint density at radius 1 is 0.587 bits per heavy atom. The molecule has 109 heavy (non-hydrogen) atoms. The van der Waals surface area contributed by atoms with Gasteiger partial charge < -0.3 is 70.0 Å². The third kappa shape index (κ3) is 21.0. The molecule has 4 aliphatic rings. The number of ether oxygens (including phenoxy) is 2. The lowest BCUT2D eigenvalue weighted by Crippen LogP contribution is -2.52. The second-order valence-corrected chi connectivity index (χ2v) is 42.2. The van der Waals surface area contributed by atoms with Crippen molar-refractivity contribution in [1.82, 2.24) is 45.0 Å². The molecule has 3 aliphatic heterocycles. The molecule has 0 spiro atoms. The normalized spacial score (nSPS) is 15.3. The molecule has 7 N–H and O–H groups in total. The number of halogens is 3. The Morgan fingerprint density at radius 2 is 1.17 bits per heavy atom. The van der Waals surface area contributed by atoms with E-state index >= 15 is 0 Å². The van der Waals surface area contributed by atoms with Gasteiger partial charge in [-0.25, -0.2) is 28.4 Å². The van der Waals surface area contributed by atoms with Crippen LogP contribution in [0.15, 0.2) is 145 Å². The van der Waals surface area contributed by atoms with Crippen LogP contribution < -0.4 is 62.2 Å². The molecule has 1 aliphatic carbocycles. The van der Waals surface area contributed by atoms with Crippen molar-refractivity contribution in [3.05, 3.63) is 189 Å². The van der Waals surface area contributed by atoms with E-state index in [1.54, 1.807) is 135 Å². The first-order valence-electron chi connectivity index (χ1n) is 36.3. The average molecular weight is 1620 g/mol. The van der Waals surface area contributed by atoms with Crippen LogP contribution in [-0.4, -0.2) is 178 Å². The SMILES string of the molecule is COc1cc(N2CCC(N3CCN(C)CC3)CC2)ccc1Nc1ncc(Cl)c(Nc2ccc(P(C)(C)=O)cc2Cl)n1.COc1cc(P(C)(C)=O)ccc1Nc1nc2c(c(Nc3ccccc3S(=O)(=O)C(C)C)n1)C=CC2.CP(C)(=O)c1ccccc1Nc1nc(Cc2ccc(C3CCNCC3)cc2CO)ncc1Cl. The number of para-hydroxylation sites is 2. The third-order valence-corrected chi connectivity index (χ3v) is 27.4. The summed E-state index contributed by atoms with van der Waals surface area (Å²) in [7, 11) is -5.45. The minimum absolute atomic E-state index is 0.0253. The Labute approximate surface area is 655 Å². The number of benzene rings is 6. The van der Waals surface area contributed by atoms with Crippen LogP contribution in [0.25, 0.3) is 6.08 Å². The smallest absolute Gasteiger partial charge is 0.229 e. The van der Waals surface area contributed by atoms with E-state index in [9.17, 15) is 27.2 Å². The number of methoxy groups -OCH3 is 2. The van der Waals surface area contributed by atoms with E-state index in [1.807, 2.05) is 42.5 Å². The standard InChI is InChI=1S/C29H38Cl2N7O2P.C25H30ClN4O2P.C25H29N4O4PS/c1-36-13-15-38(16-14-36)20-9-11-37(12-10-20)21-5-7-26(27(17-21)40-2)34-29-32-19-24(31)28(35-29)33-25-8-6-22(18-23(25)30)41(3,4)39;1-33(2,32)23-6-4-3-5-22(23)29-25-21(26)15-28-24(30-25)14-19-8-7-18(13-20(19)16-31)17-9-11-27-12-10-17;1-16(2)35(31,32)23-12-7-6-10-21(23)26-24-18-9-8-11-19(18)27-25(29-24)28-20-14-13-17(34(4,5)30)15-22(20)33-3/h5-8,17-20H,9-16H2,1-4H3,(H2,32,33,34,35);3-8,13,15,17,27,31H,9-12,14,16H2,1-2H3,(H,28,29,30);6-10,12-16H,11H2,1-5H3,(H2,26,27,28,29). The highest BCUT2D eigenvalue weighted by Gasteiger charge is 2.30. The Hall–Kier alpha value is -7.95. The van der Waals surface area contributed by atoms with Gasteiger partial charge in [-0.3, -0.25) is 4.90 Å². The molecule has 0 atom stereocenters. The van der Waals surface area contributed by atoms with E-state index in [0.29, 0.717) is 114 Å². The minimum Gasteiger partial charge on any atom is -0.495 e. The molecule has 6 heterocycles. The molecule has 23 nitrogen and oxygen atoms in total. The summed E-state index contributed by atoms with van der Waals surface area (Å²) in [6, 6.07) is 38.1. The monoisotopic (exact) mass is 1610 g/mol. The van der Waals surface area contributed by atoms with Gasteiger partial charge in [-0.05, 0) is 195 Å². The maximum atomic E-state index is 12.9. The van der Waals surface area contributed by atoms with Crippen LogP contribution in [0.1, 0.15) is 79.2 Å². The summed E-state index contributed by atoms with van der Waals surface area (Å²) in [5, 5.41) is 32.3.